The van der Waals surface area contributed by atoms with Crippen LogP contribution in [-0.4, -0.2) is 67.0 Å². The molecule has 36 heavy (non-hydrogen) atoms. The van der Waals surface area contributed by atoms with Crippen LogP contribution in [0.2, 0.25) is 5.02 Å². The van der Waals surface area contributed by atoms with Crippen LogP contribution in [0, 0.1) is 0 Å². The van der Waals surface area contributed by atoms with Crippen LogP contribution in [0.1, 0.15) is 0 Å². The number of nitrogens with two attached hydrogens (primary N) is 1. The number of carbonyl (C=O) groups excluding carboxylic acids is 1. The SMILES string of the molecule is CN(C)CC(Oc1ccc(-c2ccc(NC(=O)Nc3cccc(Cl)c3)cc2)c2c(N)n[nH]c12)N(C)C. The number of amides is 2. The van der Waals surface area contributed by atoms with E-state index in [0.29, 0.717) is 28.0 Å². The fourth-order valence-corrected chi connectivity index (χ4v) is 4.02. The Morgan fingerprint density at radius 1 is 1.06 bits per heavy atom. The first-order valence-corrected chi connectivity index (χ1v) is 11.8. The van der Waals surface area contributed by atoms with Gasteiger partial charge < -0.3 is 26.0 Å². The van der Waals surface area contributed by atoms with E-state index in [2.05, 4.69) is 25.7 Å². The second kappa shape index (κ2) is 10.9. The minimum absolute atomic E-state index is 0.151. The molecule has 1 aromatic heterocycles. The summed E-state index contributed by atoms with van der Waals surface area (Å²) in [6.45, 7) is 0.721. The van der Waals surface area contributed by atoms with E-state index in [1.807, 2.05) is 69.5 Å². The van der Waals surface area contributed by atoms with E-state index in [1.54, 1.807) is 24.3 Å². The van der Waals surface area contributed by atoms with E-state index in [-0.39, 0.29) is 12.3 Å². The molecular formula is C26H30ClN7O2. The van der Waals surface area contributed by atoms with Gasteiger partial charge in [-0.3, -0.25) is 10.00 Å². The number of anilines is 3. The Kier molecular flexibility index (Phi) is 7.64. The third kappa shape index (κ3) is 5.88. The van der Waals surface area contributed by atoms with Crippen LogP contribution >= 0.6 is 11.6 Å². The summed E-state index contributed by atoms with van der Waals surface area (Å²) in [5.41, 5.74) is 10.1. The van der Waals surface area contributed by atoms with Gasteiger partial charge in [0.25, 0.3) is 0 Å². The number of fused-ring (bicyclic) bond motifs is 1. The van der Waals surface area contributed by atoms with Gasteiger partial charge in [-0.05, 0) is 81.8 Å². The van der Waals surface area contributed by atoms with Crippen molar-refractivity contribution in [1.82, 2.24) is 20.0 Å². The molecular weight excluding hydrogens is 478 g/mol. The lowest BCUT2D eigenvalue weighted by atomic mass is 10.0. The van der Waals surface area contributed by atoms with Gasteiger partial charge in [-0.1, -0.05) is 29.8 Å². The predicted molar refractivity (Wildman–Crippen MR) is 147 cm³/mol. The number of benzene rings is 3. The smallest absolute Gasteiger partial charge is 0.323 e. The first-order valence-electron chi connectivity index (χ1n) is 11.4. The highest BCUT2D eigenvalue weighted by Crippen LogP contribution is 2.37. The number of nitrogen functional groups attached to an aromatic ring is 1. The molecule has 5 N–H and O–H groups in total. The molecule has 0 bridgehead atoms. The zero-order valence-electron chi connectivity index (χ0n) is 20.7. The fourth-order valence-electron chi connectivity index (χ4n) is 3.83. The lowest BCUT2D eigenvalue weighted by Gasteiger charge is -2.28. The van der Waals surface area contributed by atoms with Crippen LogP contribution in [0.25, 0.3) is 22.0 Å². The Morgan fingerprint density at radius 3 is 2.44 bits per heavy atom. The van der Waals surface area contributed by atoms with Gasteiger partial charge in [0.05, 0.1) is 5.39 Å². The van der Waals surface area contributed by atoms with Crippen molar-refractivity contribution in [1.29, 1.82) is 0 Å². The number of nitrogens with one attached hydrogen (secondary N) is 3. The summed E-state index contributed by atoms with van der Waals surface area (Å²) in [5.74, 6) is 1.07. The van der Waals surface area contributed by atoms with Crippen molar-refractivity contribution in [2.24, 2.45) is 0 Å². The Balaban J connectivity index is 1.54. The highest BCUT2D eigenvalue weighted by atomic mass is 35.5. The summed E-state index contributed by atoms with van der Waals surface area (Å²) in [4.78, 5) is 16.5. The van der Waals surface area contributed by atoms with Gasteiger partial charge in [-0.15, -0.1) is 0 Å². The standard InChI is InChI=1S/C26H30ClN7O2/c1-33(2)15-22(34(3)4)36-21-13-12-20(23-24(21)31-32-25(23)28)16-8-10-18(11-9-16)29-26(35)30-19-7-5-6-17(27)14-19/h5-14,22H,15H2,1-4H3,(H3,28,31,32)(H2,29,30,35). The number of hydrogen-bond donors (Lipinski definition) is 4. The minimum atomic E-state index is -0.360. The molecule has 10 heteroatoms. The second-order valence-electron chi connectivity index (χ2n) is 8.94. The topological polar surface area (TPSA) is 112 Å². The normalized spacial score (nSPS) is 12.2. The molecule has 0 radical (unpaired) electrons. The summed E-state index contributed by atoms with van der Waals surface area (Å²) in [7, 11) is 7.97. The highest BCUT2D eigenvalue weighted by molar-refractivity contribution is 6.30. The third-order valence-corrected chi connectivity index (χ3v) is 5.84. The highest BCUT2D eigenvalue weighted by Gasteiger charge is 2.19. The van der Waals surface area contributed by atoms with Crippen molar-refractivity contribution in [3.8, 4) is 16.9 Å². The van der Waals surface area contributed by atoms with Crippen molar-refractivity contribution in [3.63, 3.8) is 0 Å². The number of ether oxygens (including phenoxy) is 1. The second-order valence-corrected chi connectivity index (χ2v) is 9.37. The molecule has 0 saturated carbocycles. The molecule has 0 aliphatic carbocycles. The van der Waals surface area contributed by atoms with Gasteiger partial charge in [0, 0.05) is 22.9 Å². The van der Waals surface area contributed by atoms with Crippen molar-refractivity contribution in [3.05, 3.63) is 65.7 Å². The summed E-state index contributed by atoms with van der Waals surface area (Å²) in [6, 6.07) is 18.0. The van der Waals surface area contributed by atoms with Crippen LogP contribution in [0.4, 0.5) is 22.0 Å². The molecule has 1 atom stereocenters. The van der Waals surface area contributed by atoms with E-state index in [4.69, 9.17) is 22.1 Å². The number of H-pyrrole nitrogens is 1. The summed E-state index contributed by atoms with van der Waals surface area (Å²) < 4.78 is 6.32. The molecule has 0 saturated heterocycles. The molecule has 0 aliphatic rings. The number of carbonyl (C=O) groups is 1. The average molecular weight is 508 g/mol. The van der Waals surface area contributed by atoms with Crippen molar-refractivity contribution in [2.45, 2.75) is 6.23 Å². The maximum atomic E-state index is 12.4. The van der Waals surface area contributed by atoms with Gasteiger partial charge in [-0.2, -0.15) is 5.10 Å². The van der Waals surface area contributed by atoms with E-state index in [9.17, 15) is 4.79 Å². The summed E-state index contributed by atoms with van der Waals surface area (Å²) in [5, 5.41) is 14.2. The Bertz CT molecular complexity index is 1350. The third-order valence-electron chi connectivity index (χ3n) is 5.61. The Hall–Kier alpha value is -3.79. The number of aromatic amines is 1. The van der Waals surface area contributed by atoms with Crippen molar-refractivity contribution >= 4 is 45.7 Å². The first kappa shape index (κ1) is 25.3. The quantitative estimate of drug-likeness (QED) is 0.251. The van der Waals surface area contributed by atoms with E-state index < -0.39 is 0 Å². The number of rotatable bonds is 8. The van der Waals surface area contributed by atoms with Crippen LogP contribution in [0.15, 0.2) is 60.7 Å². The fraction of sp³-hybridized carbons (Fsp3) is 0.231. The minimum Gasteiger partial charge on any atom is -0.471 e. The number of aromatic nitrogens is 2. The van der Waals surface area contributed by atoms with E-state index in [1.165, 1.54) is 0 Å². The van der Waals surface area contributed by atoms with Gasteiger partial charge >= 0.3 is 6.03 Å². The lowest BCUT2D eigenvalue weighted by molar-refractivity contribution is 0.0428. The number of hydrogen-bond acceptors (Lipinski definition) is 6. The monoisotopic (exact) mass is 507 g/mol. The maximum absolute atomic E-state index is 12.4. The maximum Gasteiger partial charge on any atom is 0.323 e. The number of nitrogens with zero attached hydrogens (tertiary/aromatic N) is 3. The molecule has 9 nitrogen and oxygen atoms in total. The molecule has 2 amide bonds. The van der Waals surface area contributed by atoms with Gasteiger partial charge in [0.15, 0.2) is 12.0 Å². The largest absolute Gasteiger partial charge is 0.471 e. The van der Waals surface area contributed by atoms with Gasteiger partial charge in [-0.25, -0.2) is 4.79 Å². The molecule has 0 fully saturated rings. The lowest BCUT2D eigenvalue weighted by Crippen LogP contribution is -2.41. The summed E-state index contributed by atoms with van der Waals surface area (Å²) >= 11 is 5.98. The van der Waals surface area contributed by atoms with Gasteiger partial charge in [0.2, 0.25) is 0 Å². The first-order chi connectivity index (χ1) is 17.2. The zero-order valence-corrected chi connectivity index (χ0v) is 21.4. The zero-order chi connectivity index (χ0) is 25.8. The molecule has 4 rings (SSSR count). The molecule has 0 spiro atoms. The molecule has 1 unspecified atom stereocenters. The van der Waals surface area contributed by atoms with Crippen LogP contribution in [0.3, 0.4) is 0 Å². The van der Waals surface area contributed by atoms with Crippen LogP contribution in [0.5, 0.6) is 5.75 Å². The predicted octanol–water partition coefficient (Wildman–Crippen LogP) is 4.94. The molecule has 4 aromatic rings. The molecule has 1 heterocycles. The van der Waals surface area contributed by atoms with E-state index >= 15 is 0 Å². The number of likely N-dealkylation sites (N-methyl/N-ethyl adjacent to an activating group) is 2. The van der Waals surface area contributed by atoms with Gasteiger partial charge in [0.1, 0.15) is 11.3 Å². The van der Waals surface area contributed by atoms with E-state index in [0.717, 1.165) is 28.6 Å². The Morgan fingerprint density at radius 2 is 1.78 bits per heavy atom. The van der Waals surface area contributed by atoms with Crippen molar-refractivity contribution < 1.29 is 9.53 Å². The molecule has 3 aromatic carbocycles. The van der Waals surface area contributed by atoms with Crippen LogP contribution < -0.4 is 21.1 Å². The number of halogens is 1. The van der Waals surface area contributed by atoms with Crippen LogP contribution in [-0.2, 0) is 0 Å². The number of urea groups is 1. The average Bonchev–Trinajstić information content (AvgIpc) is 3.21. The molecule has 188 valence electrons. The summed E-state index contributed by atoms with van der Waals surface area (Å²) in [6.07, 6.45) is -0.151. The Labute approximate surface area is 215 Å². The molecule has 0 aliphatic heterocycles. The van der Waals surface area contributed by atoms with Crippen molar-refractivity contribution in [2.75, 3.05) is 51.1 Å².